The van der Waals surface area contributed by atoms with Crippen LogP contribution in [-0.2, 0) is 21.7 Å². The van der Waals surface area contributed by atoms with E-state index in [0.717, 1.165) is 0 Å². The summed E-state index contributed by atoms with van der Waals surface area (Å²) in [4.78, 5) is 12.5. The van der Waals surface area contributed by atoms with E-state index in [1.165, 1.54) is 11.8 Å². The predicted octanol–water partition coefficient (Wildman–Crippen LogP) is 1.52. The van der Waals surface area contributed by atoms with E-state index >= 15 is 0 Å². The highest BCUT2D eigenvalue weighted by Gasteiger charge is 2.33. The van der Waals surface area contributed by atoms with Gasteiger partial charge in [0.15, 0.2) is 20.8 Å². The molecule has 1 amide bonds. The summed E-state index contributed by atoms with van der Waals surface area (Å²) < 4.78 is 30.1. The van der Waals surface area contributed by atoms with Crippen LogP contribution in [0.1, 0.15) is 37.3 Å². The van der Waals surface area contributed by atoms with Gasteiger partial charge in [0, 0.05) is 19.0 Å². The Kier molecular flexibility index (Phi) is 5.37. The largest absolute Gasteiger partial charge is 0.360 e. The molecule has 1 N–H and O–H groups in total. The third-order valence-corrected chi connectivity index (χ3v) is 7.42. The van der Waals surface area contributed by atoms with Gasteiger partial charge in [-0.15, -0.1) is 10.2 Å². The monoisotopic (exact) mass is 399 g/mol. The van der Waals surface area contributed by atoms with E-state index in [1.807, 2.05) is 6.92 Å². The molecule has 3 heterocycles. The summed E-state index contributed by atoms with van der Waals surface area (Å²) in [5.41, 5.74) is 0. The Labute approximate surface area is 155 Å². The van der Waals surface area contributed by atoms with Crippen LogP contribution in [0.3, 0.4) is 0 Å². The van der Waals surface area contributed by atoms with E-state index in [2.05, 4.69) is 20.7 Å². The Morgan fingerprint density at radius 1 is 1.50 bits per heavy atom. The molecule has 9 nitrogen and oxygen atoms in total. The number of hydrogen-bond donors (Lipinski definition) is 1. The number of aryl methyl sites for hydroxylation is 1. The molecule has 2 atom stereocenters. The Morgan fingerprint density at radius 2 is 2.27 bits per heavy atom. The number of thioether (sulfide) groups is 1. The molecule has 3 rings (SSSR count). The van der Waals surface area contributed by atoms with Crippen molar-refractivity contribution in [2.75, 3.05) is 16.8 Å². The number of sulfone groups is 1. The van der Waals surface area contributed by atoms with Crippen molar-refractivity contribution in [2.45, 2.75) is 43.0 Å². The molecule has 11 heteroatoms. The van der Waals surface area contributed by atoms with Gasteiger partial charge in [0.1, 0.15) is 11.6 Å². The fraction of sp³-hybridized carbons (Fsp3) is 0.600. The van der Waals surface area contributed by atoms with Crippen molar-refractivity contribution in [1.82, 2.24) is 19.9 Å². The van der Waals surface area contributed by atoms with Crippen LogP contribution in [-0.4, -0.2) is 51.0 Å². The van der Waals surface area contributed by atoms with E-state index in [1.54, 1.807) is 24.6 Å². The third-order valence-electron chi connectivity index (χ3n) is 4.26. The number of carbonyl (C=O) groups excluding carboxylic acids is 1. The van der Waals surface area contributed by atoms with Crippen LogP contribution in [0.15, 0.2) is 15.7 Å². The number of carbonyl (C=O) groups is 1. The molecule has 1 fully saturated rings. The zero-order chi connectivity index (χ0) is 18.9. The molecule has 2 aromatic rings. The Hall–Kier alpha value is -1.88. The third kappa shape index (κ3) is 4.09. The van der Waals surface area contributed by atoms with Crippen LogP contribution < -0.4 is 5.32 Å². The van der Waals surface area contributed by atoms with Crippen molar-refractivity contribution in [1.29, 1.82) is 0 Å². The van der Waals surface area contributed by atoms with Crippen LogP contribution in [0.5, 0.6) is 0 Å². The van der Waals surface area contributed by atoms with E-state index in [-0.39, 0.29) is 28.6 Å². The Balaban J connectivity index is 1.70. The summed E-state index contributed by atoms with van der Waals surface area (Å²) in [6.07, 6.45) is 1.15. The lowest BCUT2D eigenvalue weighted by molar-refractivity contribution is -0.115. The van der Waals surface area contributed by atoms with Crippen molar-refractivity contribution in [3.8, 4) is 0 Å². The first-order valence-corrected chi connectivity index (χ1v) is 11.0. The maximum absolute atomic E-state index is 12.5. The number of hydrogen-bond acceptors (Lipinski definition) is 8. The number of aromatic nitrogens is 4. The maximum atomic E-state index is 12.5. The van der Waals surface area contributed by atoms with Gasteiger partial charge in [-0.25, -0.2) is 8.42 Å². The molecule has 0 aliphatic carbocycles. The van der Waals surface area contributed by atoms with Crippen LogP contribution in [0.4, 0.5) is 5.82 Å². The first-order valence-electron chi connectivity index (χ1n) is 8.29. The summed E-state index contributed by atoms with van der Waals surface area (Å²) in [6, 6.07) is 1.65. The molecule has 0 bridgehead atoms. The minimum absolute atomic E-state index is 0.104. The van der Waals surface area contributed by atoms with Crippen molar-refractivity contribution < 1.29 is 17.7 Å². The fourth-order valence-corrected chi connectivity index (χ4v) is 5.53. The van der Waals surface area contributed by atoms with Crippen LogP contribution in [0.2, 0.25) is 0 Å². The van der Waals surface area contributed by atoms with Crippen molar-refractivity contribution in [2.24, 2.45) is 7.05 Å². The Morgan fingerprint density at radius 3 is 2.85 bits per heavy atom. The second-order valence-corrected chi connectivity index (χ2v) is 9.73. The van der Waals surface area contributed by atoms with Crippen LogP contribution in [0, 0.1) is 6.92 Å². The van der Waals surface area contributed by atoms with Gasteiger partial charge >= 0.3 is 0 Å². The molecule has 1 aliphatic rings. The quantitative estimate of drug-likeness (QED) is 0.726. The molecule has 1 aliphatic heterocycles. The average Bonchev–Trinajstić information content (AvgIpc) is 3.25. The lowest BCUT2D eigenvalue weighted by Gasteiger charge is -2.13. The smallest absolute Gasteiger partial charge is 0.239 e. The summed E-state index contributed by atoms with van der Waals surface area (Å²) in [6.45, 7) is 3.66. The van der Waals surface area contributed by atoms with E-state index < -0.39 is 9.84 Å². The van der Waals surface area contributed by atoms with Gasteiger partial charge in [-0.3, -0.25) is 4.79 Å². The molecule has 0 saturated carbocycles. The molecule has 142 valence electrons. The highest BCUT2D eigenvalue weighted by molar-refractivity contribution is 8.00. The summed E-state index contributed by atoms with van der Waals surface area (Å²) in [5, 5.41) is 15.0. The first kappa shape index (κ1) is 18.9. The van der Waals surface area contributed by atoms with Gasteiger partial charge in [-0.05, 0) is 19.8 Å². The van der Waals surface area contributed by atoms with Crippen LogP contribution in [0.25, 0.3) is 0 Å². The van der Waals surface area contributed by atoms with Gasteiger partial charge in [0.05, 0.1) is 16.8 Å². The second-order valence-electron chi connectivity index (χ2n) is 6.33. The summed E-state index contributed by atoms with van der Waals surface area (Å²) >= 11 is 1.30. The molecule has 0 spiro atoms. The Bertz CT molecular complexity index is 905. The minimum Gasteiger partial charge on any atom is -0.360 e. The molecular weight excluding hydrogens is 378 g/mol. The minimum atomic E-state index is -2.99. The molecule has 1 saturated heterocycles. The van der Waals surface area contributed by atoms with Gasteiger partial charge in [-0.1, -0.05) is 23.8 Å². The highest BCUT2D eigenvalue weighted by atomic mass is 32.2. The van der Waals surface area contributed by atoms with Gasteiger partial charge < -0.3 is 14.4 Å². The summed E-state index contributed by atoms with van der Waals surface area (Å²) in [5.74, 6) is 1.59. The highest BCUT2D eigenvalue weighted by Crippen LogP contribution is 2.31. The van der Waals surface area contributed by atoms with E-state index in [0.29, 0.717) is 35.4 Å². The average molecular weight is 399 g/mol. The molecule has 0 radical (unpaired) electrons. The van der Waals surface area contributed by atoms with Crippen molar-refractivity contribution in [3.63, 3.8) is 0 Å². The predicted molar refractivity (Wildman–Crippen MR) is 96.8 cm³/mol. The second kappa shape index (κ2) is 7.39. The van der Waals surface area contributed by atoms with Crippen LogP contribution >= 0.6 is 11.8 Å². The number of nitrogens with zero attached hydrogens (tertiary/aromatic N) is 4. The molecule has 2 aromatic heterocycles. The number of rotatable bonds is 6. The van der Waals surface area contributed by atoms with Gasteiger partial charge in [0.25, 0.3) is 0 Å². The molecule has 0 aromatic carbocycles. The van der Waals surface area contributed by atoms with Crippen molar-refractivity contribution in [3.05, 3.63) is 17.7 Å². The lowest BCUT2D eigenvalue weighted by Crippen LogP contribution is -2.25. The number of amides is 1. The number of nitrogens with one attached hydrogen (secondary N) is 1. The normalized spacial score (nSPS) is 20.2. The first-order chi connectivity index (χ1) is 12.3. The van der Waals surface area contributed by atoms with Gasteiger partial charge in [-0.2, -0.15) is 0 Å². The maximum Gasteiger partial charge on any atom is 0.239 e. The number of anilines is 1. The topological polar surface area (TPSA) is 120 Å². The summed E-state index contributed by atoms with van der Waals surface area (Å²) in [7, 11) is -1.19. The fourth-order valence-electron chi connectivity index (χ4n) is 2.86. The van der Waals surface area contributed by atoms with Gasteiger partial charge in [0.2, 0.25) is 5.91 Å². The molecular formula is C15H21N5O4S2. The lowest BCUT2D eigenvalue weighted by atomic mass is 10.1. The standard InChI is InChI=1S/C15H21N5O4S2/c1-4-11(14(21)16-12-7-9(2)24-19-12)25-15-18-17-13(20(15)3)10-5-6-26(22,23)8-10/h7,10-11H,4-6,8H2,1-3H3,(H,16,19,21)/t10-,11-/m1/s1. The van der Waals surface area contributed by atoms with E-state index in [4.69, 9.17) is 4.52 Å². The van der Waals surface area contributed by atoms with E-state index in [9.17, 15) is 13.2 Å². The molecule has 26 heavy (non-hydrogen) atoms. The SMILES string of the molecule is CC[C@@H](Sc1nnc([C@@H]2CCS(=O)(=O)C2)n1C)C(=O)Nc1cc(C)on1. The van der Waals surface area contributed by atoms with Crippen molar-refractivity contribution >= 4 is 33.3 Å². The molecule has 0 unspecified atom stereocenters. The zero-order valence-corrected chi connectivity index (χ0v) is 16.4. The zero-order valence-electron chi connectivity index (χ0n) is 14.8.